The fourth-order valence-electron chi connectivity index (χ4n) is 5.72. The minimum Gasteiger partial charge on any atom is -0.451 e. The van der Waals surface area contributed by atoms with E-state index in [4.69, 9.17) is 27.6 Å². The number of carbonyl (C=O) groups is 3. The van der Waals surface area contributed by atoms with Crippen molar-refractivity contribution in [1.29, 1.82) is 0 Å². The third-order valence-electron chi connectivity index (χ3n) is 8.20. The van der Waals surface area contributed by atoms with Crippen molar-refractivity contribution in [2.24, 2.45) is 0 Å². The quantitative estimate of drug-likeness (QED) is 0.263. The number of likely N-dealkylation sites (tertiary alicyclic amines) is 2. The number of halogens is 2. The maximum absolute atomic E-state index is 12.8. The summed E-state index contributed by atoms with van der Waals surface area (Å²) in [5.41, 5.74) is 3.52. The molecule has 4 aromatic rings. The highest BCUT2D eigenvalue weighted by Gasteiger charge is 2.27. The lowest BCUT2D eigenvalue weighted by Gasteiger charge is -2.33. The number of fused-ring (bicyclic) bond motifs is 1. The molecular weight excluding hydrogens is 613 g/mol. The number of nitrogens with zero attached hydrogens (tertiary/aromatic N) is 2. The van der Waals surface area contributed by atoms with E-state index in [1.807, 2.05) is 48.2 Å². The van der Waals surface area contributed by atoms with Crippen molar-refractivity contribution < 1.29 is 18.8 Å². The molecule has 0 saturated carbocycles. The van der Waals surface area contributed by atoms with Gasteiger partial charge in [-0.1, -0.05) is 65.2 Å². The third-order valence-corrected chi connectivity index (χ3v) is 8.69. The summed E-state index contributed by atoms with van der Waals surface area (Å²) in [4.78, 5) is 53.4. The van der Waals surface area contributed by atoms with Crippen LogP contribution in [0.3, 0.4) is 0 Å². The summed E-state index contributed by atoms with van der Waals surface area (Å²) in [5, 5.41) is 4.08. The molecule has 0 radical (unpaired) electrons. The van der Waals surface area contributed by atoms with Gasteiger partial charge in [0.05, 0.1) is 11.9 Å². The van der Waals surface area contributed by atoms with E-state index in [-0.39, 0.29) is 35.1 Å². The topological polar surface area (TPSA) is 99.9 Å². The Morgan fingerprint density at radius 1 is 0.911 bits per heavy atom. The Kier molecular flexibility index (Phi) is 10.6. The summed E-state index contributed by atoms with van der Waals surface area (Å²) in [6, 6.07) is 21.7. The van der Waals surface area contributed by atoms with E-state index in [1.54, 1.807) is 17.0 Å². The van der Waals surface area contributed by atoms with Crippen molar-refractivity contribution in [3.8, 4) is 0 Å². The molecule has 45 heavy (non-hydrogen) atoms. The molecule has 3 heterocycles. The molecule has 0 spiro atoms. The average Bonchev–Trinajstić information content (AvgIpc) is 3.45. The number of nitrogens with one attached hydrogen (secondary N) is 1. The first-order chi connectivity index (χ1) is 21.7. The highest BCUT2D eigenvalue weighted by molar-refractivity contribution is 6.31. The van der Waals surface area contributed by atoms with E-state index in [0.717, 1.165) is 36.9 Å². The molecule has 2 aliphatic heterocycles. The Bertz CT molecular complexity index is 1730. The van der Waals surface area contributed by atoms with E-state index >= 15 is 0 Å². The number of aryl methyl sites for hydroxylation is 1. The molecule has 2 aliphatic rings. The molecular formula is C35H35Cl2N3O5. The number of benzene rings is 3. The van der Waals surface area contributed by atoms with Crippen LogP contribution in [0.5, 0.6) is 0 Å². The van der Waals surface area contributed by atoms with Crippen molar-refractivity contribution in [2.75, 3.05) is 26.2 Å². The predicted octanol–water partition coefficient (Wildman–Crippen LogP) is 6.35. The molecule has 0 atom stereocenters. The van der Waals surface area contributed by atoms with Gasteiger partial charge in [0.25, 0.3) is 5.91 Å². The minimum atomic E-state index is -0.632. The molecule has 8 nitrogen and oxygen atoms in total. The van der Waals surface area contributed by atoms with E-state index in [2.05, 4.69) is 17.4 Å². The lowest BCUT2D eigenvalue weighted by Crippen LogP contribution is -2.44. The standard InChI is InChI=1S/C28H28ClN3O5.C7H7Cl/c29-20-7-8-22-23(33)15-25(37-24(22)14-20)28(36)30-16-27(35)31-12-9-18(10-13-31)21-5-2-1-4-19(21)17-32-11-3-6-26(32)34;1-6-2-4-7(8)5-3-6/h1-2,4-5,7-8,14-15,18H,3,6,9-13,16-17H2,(H,30,36);2-5H,1H3. The summed E-state index contributed by atoms with van der Waals surface area (Å²) in [7, 11) is 0. The van der Waals surface area contributed by atoms with E-state index in [1.165, 1.54) is 22.8 Å². The summed E-state index contributed by atoms with van der Waals surface area (Å²) in [6.45, 7) is 4.46. The van der Waals surface area contributed by atoms with Crippen molar-refractivity contribution in [1.82, 2.24) is 15.1 Å². The number of hydrogen-bond donors (Lipinski definition) is 1. The van der Waals surface area contributed by atoms with Crippen LogP contribution in [-0.2, 0) is 16.1 Å². The van der Waals surface area contributed by atoms with Crippen LogP contribution in [0.4, 0.5) is 0 Å². The van der Waals surface area contributed by atoms with Gasteiger partial charge in [-0.3, -0.25) is 19.2 Å². The van der Waals surface area contributed by atoms with Gasteiger partial charge in [0.1, 0.15) is 5.58 Å². The number of carbonyl (C=O) groups excluding carboxylic acids is 3. The molecule has 6 rings (SSSR count). The first-order valence-corrected chi connectivity index (χ1v) is 15.8. The van der Waals surface area contributed by atoms with Crippen LogP contribution in [0.15, 0.2) is 82.0 Å². The molecule has 1 N–H and O–H groups in total. The number of rotatable bonds is 6. The Hall–Kier alpha value is -4.14. The zero-order valence-corrected chi connectivity index (χ0v) is 26.6. The molecule has 234 valence electrons. The van der Waals surface area contributed by atoms with Crippen LogP contribution >= 0.6 is 23.2 Å². The first-order valence-electron chi connectivity index (χ1n) is 15.0. The molecule has 3 amide bonds. The van der Waals surface area contributed by atoms with Gasteiger partial charge in [-0.2, -0.15) is 0 Å². The van der Waals surface area contributed by atoms with Crippen molar-refractivity contribution in [3.05, 3.63) is 116 Å². The van der Waals surface area contributed by atoms with Crippen LogP contribution < -0.4 is 10.7 Å². The number of piperidine rings is 1. The Balaban J connectivity index is 0.000000436. The van der Waals surface area contributed by atoms with Gasteiger partial charge in [-0.25, -0.2) is 0 Å². The van der Waals surface area contributed by atoms with Gasteiger partial charge in [0.2, 0.25) is 11.8 Å². The second-order valence-electron chi connectivity index (χ2n) is 11.4. The maximum atomic E-state index is 12.8. The number of hydrogen-bond acceptors (Lipinski definition) is 5. The van der Waals surface area contributed by atoms with Crippen molar-refractivity contribution in [3.63, 3.8) is 0 Å². The second-order valence-corrected chi connectivity index (χ2v) is 12.2. The predicted molar refractivity (Wildman–Crippen MR) is 176 cm³/mol. The van der Waals surface area contributed by atoms with Crippen molar-refractivity contribution in [2.45, 2.75) is 45.1 Å². The summed E-state index contributed by atoms with van der Waals surface area (Å²) >= 11 is 11.6. The van der Waals surface area contributed by atoms with Crippen LogP contribution in [0.1, 0.15) is 58.8 Å². The van der Waals surface area contributed by atoms with Crippen LogP contribution in [-0.4, -0.2) is 53.7 Å². The molecule has 2 saturated heterocycles. The van der Waals surface area contributed by atoms with Gasteiger partial charge < -0.3 is 19.5 Å². The van der Waals surface area contributed by atoms with Gasteiger partial charge >= 0.3 is 0 Å². The van der Waals surface area contributed by atoms with Gasteiger partial charge in [-0.05, 0) is 67.5 Å². The van der Waals surface area contributed by atoms with Gasteiger partial charge in [-0.15, -0.1) is 0 Å². The summed E-state index contributed by atoms with van der Waals surface area (Å²) in [5.74, 6) is -0.462. The first kappa shape index (κ1) is 32.3. The van der Waals surface area contributed by atoms with Crippen LogP contribution in [0, 0.1) is 6.92 Å². The normalized spacial score (nSPS) is 15.1. The summed E-state index contributed by atoms with van der Waals surface area (Å²) in [6.07, 6.45) is 3.16. The van der Waals surface area contributed by atoms with Crippen LogP contribution in [0.2, 0.25) is 10.0 Å². The highest BCUT2D eigenvalue weighted by Crippen LogP contribution is 2.31. The molecule has 0 bridgehead atoms. The fourth-order valence-corrected chi connectivity index (χ4v) is 6.01. The van der Waals surface area contributed by atoms with Gasteiger partial charge in [0.15, 0.2) is 11.2 Å². The molecule has 0 aliphatic carbocycles. The second kappa shape index (κ2) is 14.8. The zero-order valence-electron chi connectivity index (χ0n) is 25.1. The third kappa shape index (κ3) is 8.32. The Labute approximate surface area is 271 Å². The fraction of sp³-hybridized carbons (Fsp3) is 0.314. The zero-order chi connectivity index (χ0) is 31.9. The maximum Gasteiger partial charge on any atom is 0.287 e. The van der Waals surface area contributed by atoms with Gasteiger partial charge in [0, 0.05) is 54.8 Å². The largest absolute Gasteiger partial charge is 0.451 e. The Morgan fingerprint density at radius 2 is 1.62 bits per heavy atom. The van der Waals surface area contributed by atoms with E-state index in [0.29, 0.717) is 42.4 Å². The minimum absolute atomic E-state index is 0.167. The summed E-state index contributed by atoms with van der Waals surface area (Å²) < 4.78 is 5.55. The smallest absolute Gasteiger partial charge is 0.287 e. The monoisotopic (exact) mass is 647 g/mol. The van der Waals surface area contributed by atoms with E-state index < -0.39 is 5.91 Å². The van der Waals surface area contributed by atoms with E-state index in [9.17, 15) is 19.2 Å². The molecule has 10 heteroatoms. The van der Waals surface area contributed by atoms with Crippen LogP contribution in [0.25, 0.3) is 11.0 Å². The molecule has 3 aromatic carbocycles. The average molecular weight is 649 g/mol. The Morgan fingerprint density at radius 3 is 2.31 bits per heavy atom. The molecule has 0 unspecified atom stereocenters. The number of amides is 3. The lowest BCUT2D eigenvalue weighted by molar-refractivity contribution is -0.131. The highest BCUT2D eigenvalue weighted by atomic mass is 35.5. The molecule has 2 fully saturated rings. The SMILES string of the molecule is Cc1ccc(Cl)cc1.O=C(NCC(=O)N1CCC(c2ccccc2CN2CCCC2=O)CC1)c1cc(=O)c2ccc(Cl)cc2o1. The molecule has 1 aromatic heterocycles. The lowest BCUT2D eigenvalue weighted by atomic mass is 9.86. The van der Waals surface area contributed by atoms with Crippen molar-refractivity contribution >= 4 is 51.9 Å².